The minimum absolute atomic E-state index is 0.00676. The number of hydrogen-bond donors (Lipinski definition) is 1. The summed E-state index contributed by atoms with van der Waals surface area (Å²) in [6.07, 6.45) is 5.12. The van der Waals surface area contributed by atoms with Crippen LogP contribution in [-0.2, 0) is 0 Å². The van der Waals surface area contributed by atoms with Gasteiger partial charge in [-0.25, -0.2) is 9.37 Å². The number of rotatable bonds is 2. The first kappa shape index (κ1) is 12.0. The van der Waals surface area contributed by atoms with Crippen molar-refractivity contribution in [2.24, 2.45) is 0 Å². The van der Waals surface area contributed by atoms with Gasteiger partial charge in [-0.05, 0) is 24.1 Å². The predicted octanol–water partition coefficient (Wildman–Crippen LogP) is 1.93. The molecule has 0 spiro atoms. The Labute approximate surface area is 110 Å². The monoisotopic (exact) mass is 259 g/mol. The van der Waals surface area contributed by atoms with Gasteiger partial charge in [0.15, 0.2) is 0 Å². The predicted molar refractivity (Wildman–Crippen MR) is 69.1 cm³/mol. The maximum atomic E-state index is 13.0. The molecule has 5 heteroatoms. The van der Waals surface area contributed by atoms with E-state index in [0.717, 1.165) is 11.4 Å². The highest BCUT2D eigenvalue weighted by Crippen LogP contribution is 2.34. The first-order valence-corrected chi connectivity index (χ1v) is 6.20. The fourth-order valence-electron chi connectivity index (χ4n) is 2.51. The Morgan fingerprint density at radius 1 is 1.21 bits per heavy atom. The Kier molecular flexibility index (Phi) is 3.13. The number of nitrogens with zero attached hydrogens (tertiary/aromatic N) is 3. The molecule has 19 heavy (non-hydrogen) atoms. The lowest BCUT2D eigenvalue weighted by Gasteiger charge is -2.25. The van der Waals surface area contributed by atoms with E-state index >= 15 is 0 Å². The van der Waals surface area contributed by atoms with Gasteiger partial charge in [-0.2, -0.15) is 0 Å². The molecule has 0 saturated carbocycles. The molecule has 1 aliphatic rings. The fraction of sp³-hybridized carbons (Fsp3) is 0.286. The van der Waals surface area contributed by atoms with Gasteiger partial charge in [-0.3, -0.25) is 4.98 Å². The Morgan fingerprint density at radius 3 is 2.68 bits per heavy atom. The average Bonchev–Trinajstić information content (AvgIpc) is 2.83. The second-order valence-electron chi connectivity index (χ2n) is 4.67. The Bertz CT molecular complexity index is 546. The van der Waals surface area contributed by atoms with E-state index in [9.17, 15) is 9.50 Å². The lowest BCUT2D eigenvalue weighted by atomic mass is 10.0. The molecular weight excluding hydrogens is 245 g/mol. The summed E-state index contributed by atoms with van der Waals surface area (Å²) in [6.45, 7) is 0.515. The van der Waals surface area contributed by atoms with Gasteiger partial charge < -0.3 is 10.0 Å². The van der Waals surface area contributed by atoms with Gasteiger partial charge in [0.25, 0.3) is 0 Å². The third-order valence-corrected chi connectivity index (χ3v) is 3.38. The van der Waals surface area contributed by atoms with Gasteiger partial charge in [0, 0.05) is 18.9 Å². The highest BCUT2D eigenvalue weighted by molar-refractivity contribution is 5.42. The molecule has 0 bridgehead atoms. The summed E-state index contributed by atoms with van der Waals surface area (Å²) in [5.74, 6) is 0.474. The highest BCUT2D eigenvalue weighted by atomic mass is 19.1. The van der Waals surface area contributed by atoms with Crippen LogP contribution < -0.4 is 4.90 Å². The fourth-order valence-corrected chi connectivity index (χ4v) is 2.51. The molecule has 0 aliphatic carbocycles. The lowest BCUT2D eigenvalue weighted by molar-refractivity contribution is 0.194. The van der Waals surface area contributed by atoms with Crippen molar-refractivity contribution in [3.8, 4) is 0 Å². The van der Waals surface area contributed by atoms with Crippen molar-refractivity contribution < 1.29 is 9.50 Å². The van der Waals surface area contributed by atoms with Crippen LogP contribution in [0, 0.1) is 5.82 Å². The van der Waals surface area contributed by atoms with Gasteiger partial charge in [0.2, 0.25) is 0 Å². The molecule has 1 aromatic carbocycles. The van der Waals surface area contributed by atoms with Crippen LogP contribution in [0.15, 0.2) is 42.9 Å². The molecule has 1 N–H and O–H groups in total. The Balaban J connectivity index is 1.92. The number of aromatic nitrogens is 2. The molecule has 1 aliphatic heterocycles. The molecule has 1 fully saturated rings. The number of aliphatic hydroxyl groups excluding tert-OH is 1. The van der Waals surface area contributed by atoms with Gasteiger partial charge in [0.05, 0.1) is 18.3 Å². The van der Waals surface area contributed by atoms with E-state index in [1.54, 1.807) is 30.7 Å². The number of hydrogen-bond acceptors (Lipinski definition) is 4. The first-order chi connectivity index (χ1) is 9.24. The summed E-state index contributed by atoms with van der Waals surface area (Å²) in [4.78, 5) is 10.3. The molecule has 0 radical (unpaired) electrons. The van der Waals surface area contributed by atoms with Crippen molar-refractivity contribution in [1.82, 2.24) is 9.97 Å². The summed E-state index contributed by atoms with van der Waals surface area (Å²) < 4.78 is 13.0. The normalized spacial score (nSPS) is 22.7. The van der Waals surface area contributed by atoms with E-state index in [1.807, 2.05) is 4.90 Å². The van der Waals surface area contributed by atoms with Crippen molar-refractivity contribution in [1.29, 1.82) is 0 Å². The van der Waals surface area contributed by atoms with E-state index in [4.69, 9.17) is 0 Å². The summed E-state index contributed by atoms with van der Waals surface area (Å²) in [5.41, 5.74) is 0.976. The van der Waals surface area contributed by atoms with Gasteiger partial charge in [-0.1, -0.05) is 12.1 Å². The van der Waals surface area contributed by atoms with Crippen LogP contribution in [0.4, 0.5) is 10.2 Å². The second kappa shape index (κ2) is 4.93. The zero-order valence-corrected chi connectivity index (χ0v) is 10.3. The van der Waals surface area contributed by atoms with Gasteiger partial charge >= 0.3 is 0 Å². The first-order valence-electron chi connectivity index (χ1n) is 6.20. The van der Waals surface area contributed by atoms with Crippen molar-refractivity contribution in [3.05, 3.63) is 54.2 Å². The molecule has 4 nitrogen and oxygen atoms in total. The Morgan fingerprint density at radius 2 is 2.00 bits per heavy atom. The number of β-amino-alcohol motifs (C(OH)–C–C–N with tert-alkyl or cyclic N) is 1. The van der Waals surface area contributed by atoms with E-state index in [2.05, 4.69) is 9.97 Å². The van der Waals surface area contributed by atoms with Crippen molar-refractivity contribution >= 4 is 5.82 Å². The molecule has 0 amide bonds. The van der Waals surface area contributed by atoms with Crippen LogP contribution in [0.25, 0.3) is 0 Å². The van der Waals surface area contributed by atoms with E-state index < -0.39 is 6.10 Å². The highest BCUT2D eigenvalue weighted by Gasteiger charge is 2.32. The van der Waals surface area contributed by atoms with Crippen LogP contribution in [0.3, 0.4) is 0 Å². The minimum Gasteiger partial charge on any atom is -0.391 e. The average molecular weight is 259 g/mol. The van der Waals surface area contributed by atoms with Gasteiger partial charge in [-0.15, -0.1) is 0 Å². The van der Waals surface area contributed by atoms with Crippen LogP contribution >= 0.6 is 0 Å². The van der Waals surface area contributed by atoms with Crippen molar-refractivity contribution in [2.75, 3.05) is 11.4 Å². The third kappa shape index (κ3) is 2.42. The minimum atomic E-state index is -0.406. The second-order valence-corrected chi connectivity index (χ2v) is 4.67. The van der Waals surface area contributed by atoms with E-state index in [-0.39, 0.29) is 11.9 Å². The lowest BCUT2D eigenvalue weighted by Crippen LogP contribution is -2.25. The standard InChI is InChI=1S/C14H14FN3O/c15-11-3-1-10(2-4-11)13-7-12(19)9-18(13)14-8-16-5-6-17-14/h1-6,8,12-13,19H,7,9H2/t12-,13-/m0/s1. The molecule has 2 atom stereocenters. The maximum absolute atomic E-state index is 13.0. The summed E-state index contributed by atoms with van der Waals surface area (Å²) in [5, 5.41) is 9.88. The summed E-state index contributed by atoms with van der Waals surface area (Å²) in [6, 6.07) is 6.39. The smallest absolute Gasteiger partial charge is 0.147 e. The molecule has 1 saturated heterocycles. The van der Waals surface area contributed by atoms with Crippen LogP contribution in [-0.4, -0.2) is 27.7 Å². The molecule has 1 aromatic heterocycles. The molecule has 98 valence electrons. The molecule has 2 aromatic rings. The third-order valence-electron chi connectivity index (χ3n) is 3.38. The SMILES string of the molecule is O[C@H]1C[C@@H](c2ccc(F)cc2)N(c2cnccn2)C1. The molecule has 0 unspecified atom stereocenters. The number of anilines is 1. The summed E-state index contributed by atoms with van der Waals surface area (Å²) in [7, 11) is 0. The quantitative estimate of drug-likeness (QED) is 0.895. The van der Waals surface area contributed by atoms with Crippen molar-refractivity contribution in [3.63, 3.8) is 0 Å². The molecule has 2 heterocycles. The topological polar surface area (TPSA) is 49.2 Å². The molecule has 3 rings (SSSR count). The number of benzene rings is 1. The van der Waals surface area contributed by atoms with E-state index in [0.29, 0.717) is 13.0 Å². The molecular formula is C14H14FN3O. The summed E-state index contributed by atoms with van der Waals surface area (Å²) >= 11 is 0. The number of halogens is 1. The van der Waals surface area contributed by atoms with Gasteiger partial charge in [0.1, 0.15) is 11.6 Å². The van der Waals surface area contributed by atoms with Crippen LogP contribution in [0.1, 0.15) is 18.0 Å². The largest absolute Gasteiger partial charge is 0.391 e. The zero-order valence-electron chi connectivity index (χ0n) is 10.3. The van der Waals surface area contributed by atoms with Crippen LogP contribution in [0.5, 0.6) is 0 Å². The van der Waals surface area contributed by atoms with Crippen molar-refractivity contribution in [2.45, 2.75) is 18.6 Å². The zero-order chi connectivity index (χ0) is 13.2. The number of aliphatic hydroxyl groups is 1. The van der Waals surface area contributed by atoms with Crippen LogP contribution in [0.2, 0.25) is 0 Å². The Hall–Kier alpha value is -2.01. The maximum Gasteiger partial charge on any atom is 0.147 e. The van der Waals surface area contributed by atoms with E-state index in [1.165, 1.54) is 12.1 Å².